The quantitative estimate of drug-likeness (QED) is 0.793. The summed E-state index contributed by atoms with van der Waals surface area (Å²) in [4.78, 5) is 15.3. The van der Waals surface area contributed by atoms with Crippen LogP contribution >= 0.6 is 0 Å². The largest absolute Gasteiger partial charge is 0.478 e. The molecule has 0 spiro atoms. The Morgan fingerprint density at radius 2 is 1.90 bits per heavy atom. The molecule has 3 aromatic rings. The van der Waals surface area contributed by atoms with E-state index in [0.29, 0.717) is 23.4 Å². The van der Waals surface area contributed by atoms with E-state index in [0.717, 1.165) is 6.42 Å². The number of hydrogen-bond acceptors (Lipinski definition) is 3. The number of carboxylic acid groups (broad SMARTS) is 1. The number of aromatic carboxylic acids is 1. The van der Waals surface area contributed by atoms with Crippen LogP contribution in [0.25, 0.3) is 11.1 Å². The van der Waals surface area contributed by atoms with Gasteiger partial charge in [-0.2, -0.15) is 0 Å². The molecule has 1 aromatic heterocycles. The van der Waals surface area contributed by atoms with Crippen LogP contribution in [0.2, 0.25) is 0 Å². The van der Waals surface area contributed by atoms with Crippen LogP contribution in [0.1, 0.15) is 27.4 Å². The van der Waals surface area contributed by atoms with Gasteiger partial charge in [-0.1, -0.05) is 29.8 Å². The number of oxazole rings is 1. The van der Waals surface area contributed by atoms with Gasteiger partial charge in [-0.15, -0.1) is 0 Å². The molecule has 0 aliphatic carbocycles. The lowest BCUT2D eigenvalue weighted by molar-refractivity contribution is 0.0697. The van der Waals surface area contributed by atoms with E-state index in [9.17, 15) is 4.79 Å². The van der Waals surface area contributed by atoms with Gasteiger partial charge in [0.2, 0.25) is 0 Å². The molecule has 0 fully saturated rings. The summed E-state index contributed by atoms with van der Waals surface area (Å²) in [6, 6.07) is 13.1. The topological polar surface area (TPSA) is 63.3 Å². The van der Waals surface area contributed by atoms with Crippen molar-refractivity contribution in [2.24, 2.45) is 0 Å². The Bertz CT molecular complexity index is 787. The minimum absolute atomic E-state index is 0.212. The number of benzene rings is 2. The zero-order valence-corrected chi connectivity index (χ0v) is 11.7. The molecule has 4 heteroatoms. The van der Waals surface area contributed by atoms with E-state index >= 15 is 0 Å². The van der Waals surface area contributed by atoms with Gasteiger partial charge >= 0.3 is 5.97 Å². The molecule has 0 atom stereocenters. The molecule has 0 saturated carbocycles. The number of aromatic nitrogens is 1. The summed E-state index contributed by atoms with van der Waals surface area (Å²) >= 11 is 0. The highest BCUT2D eigenvalue weighted by Crippen LogP contribution is 2.18. The highest BCUT2D eigenvalue weighted by Gasteiger charge is 2.09. The first-order valence-electron chi connectivity index (χ1n) is 6.80. The van der Waals surface area contributed by atoms with Crippen LogP contribution in [0.15, 0.2) is 46.9 Å². The van der Waals surface area contributed by atoms with Crippen LogP contribution in [0.5, 0.6) is 0 Å². The Labute approximate surface area is 122 Å². The zero-order chi connectivity index (χ0) is 14.8. The third-order valence-electron chi connectivity index (χ3n) is 3.43. The fourth-order valence-electron chi connectivity index (χ4n) is 2.22. The molecule has 2 aromatic carbocycles. The first kappa shape index (κ1) is 13.4. The first-order chi connectivity index (χ1) is 10.1. The van der Waals surface area contributed by atoms with Gasteiger partial charge in [-0.05, 0) is 37.1 Å². The molecule has 1 N–H and O–H groups in total. The van der Waals surface area contributed by atoms with Crippen LogP contribution in [0, 0.1) is 6.92 Å². The molecular formula is C17H15NO3. The molecule has 0 radical (unpaired) electrons. The average molecular weight is 281 g/mol. The lowest BCUT2D eigenvalue weighted by Gasteiger charge is -1.99. The van der Waals surface area contributed by atoms with Crippen LogP contribution in [0.4, 0.5) is 0 Å². The van der Waals surface area contributed by atoms with Gasteiger partial charge in [-0.25, -0.2) is 9.78 Å². The van der Waals surface area contributed by atoms with Gasteiger partial charge in [0.1, 0.15) is 5.52 Å². The van der Waals surface area contributed by atoms with Gasteiger partial charge in [-0.3, -0.25) is 0 Å². The molecule has 4 nitrogen and oxygen atoms in total. The van der Waals surface area contributed by atoms with Crippen LogP contribution in [-0.2, 0) is 12.8 Å². The Kier molecular flexibility index (Phi) is 3.44. The maximum atomic E-state index is 10.9. The first-order valence-corrected chi connectivity index (χ1v) is 6.80. The number of rotatable bonds is 4. The molecule has 0 saturated heterocycles. The van der Waals surface area contributed by atoms with E-state index in [1.54, 1.807) is 6.07 Å². The van der Waals surface area contributed by atoms with Crippen molar-refractivity contribution in [1.82, 2.24) is 4.98 Å². The molecular weight excluding hydrogens is 266 g/mol. The monoisotopic (exact) mass is 281 g/mol. The molecule has 0 aliphatic heterocycles. The number of fused-ring (bicyclic) bond motifs is 1. The predicted molar refractivity (Wildman–Crippen MR) is 79.6 cm³/mol. The highest BCUT2D eigenvalue weighted by atomic mass is 16.4. The van der Waals surface area contributed by atoms with E-state index < -0.39 is 5.97 Å². The molecule has 0 aliphatic rings. The number of aryl methyl sites for hydroxylation is 3. The number of nitrogens with zero attached hydrogens (tertiary/aromatic N) is 1. The summed E-state index contributed by atoms with van der Waals surface area (Å²) in [6.07, 6.45) is 1.54. The van der Waals surface area contributed by atoms with Crippen LogP contribution in [0.3, 0.4) is 0 Å². The standard InChI is InChI=1S/C17H15NO3/c1-11-2-4-12(5-3-11)6-9-16-18-14-8-7-13(17(19)20)10-15(14)21-16/h2-5,7-8,10H,6,9H2,1H3,(H,19,20). The summed E-state index contributed by atoms with van der Waals surface area (Å²) in [5.74, 6) is -0.331. The lowest BCUT2D eigenvalue weighted by atomic mass is 10.1. The lowest BCUT2D eigenvalue weighted by Crippen LogP contribution is -1.94. The van der Waals surface area contributed by atoms with Crippen LogP contribution < -0.4 is 0 Å². The minimum Gasteiger partial charge on any atom is -0.478 e. The fraction of sp³-hybridized carbons (Fsp3) is 0.176. The van der Waals surface area contributed by atoms with Crippen molar-refractivity contribution in [1.29, 1.82) is 0 Å². The van der Waals surface area contributed by atoms with Crippen molar-refractivity contribution >= 4 is 17.1 Å². The molecule has 3 rings (SSSR count). The maximum absolute atomic E-state index is 10.9. The third-order valence-corrected chi connectivity index (χ3v) is 3.43. The smallest absolute Gasteiger partial charge is 0.335 e. The highest BCUT2D eigenvalue weighted by molar-refractivity contribution is 5.91. The number of carbonyl (C=O) groups is 1. The molecule has 0 bridgehead atoms. The van der Waals surface area contributed by atoms with E-state index in [2.05, 4.69) is 36.2 Å². The van der Waals surface area contributed by atoms with Gasteiger partial charge in [0.15, 0.2) is 11.5 Å². The van der Waals surface area contributed by atoms with Gasteiger partial charge in [0.25, 0.3) is 0 Å². The summed E-state index contributed by atoms with van der Waals surface area (Å²) in [7, 11) is 0. The van der Waals surface area contributed by atoms with Crippen molar-refractivity contribution < 1.29 is 14.3 Å². The third kappa shape index (κ3) is 2.94. The Morgan fingerprint density at radius 3 is 2.62 bits per heavy atom. The fourth-order valence-corrected chi connectivity index (χ4v) is 2.22. The predicted octanol–water partition coefficient (Wildman–Crippen LogP) is 3.62. The van der Waals surface area contributed by atoms with Gasteiger partial charge < -0.3 is 9.52 Å². The van der Waals surface area contributed by atoms with Crippen molar-refractivity contribution in [3.8, 4) is 0 Å². The Hall–Kier alpha value is -2.62. The van der Waals surface area contributed by atoms with Crippen molar-refractivity contribution in [3.05, 3.63) is 65.0 Å². The van der Waals surface area contributed by atoms with E-state index in [-0.39, 0.29) is 5.56 Å². The molecule has 1 heterocycles. The second-order valence-electron chi connectivity index (χ2n) is 5.08. The molecule has 0 amide bonds. The summed E-state index contributed by atoms with van der Waals surface area (Å²) < 4.78 is 5.63. The number of hydrogen-bond donors (Lipinski definition) is 1. The minimum atomic E-state index is -0.963. The molecule has 21 heavy (non-hydrogen) atoms. The van der Waals surface area contributed by atoms with E-state index in [1.807, 2.05) is 0 Å². The van der Waals surface area contributed by atoms with Crippen molar-refractivity contribution in [2.45, 2.75) is 19.8 Å². The average Bonchev–Trinajstić information content (AvgIpc) is 2.88. The second kappa shape index (κ2) is 5.40. The maximum Gasteiger partial charge on any atom is 0.335 e. The van der Waals surface area contributed by atoms with Crippen molar-refractivity contribution in [2.75, 3.05) is 0 Å². The summed E-state index contributed by atoms with van der Waals surface area (Å²) in [5.41, 5.74) is 3.90. The molecule has 0 unspecified atom stereocenters. The van der Waals surface area contributed by atoms with E-state index in [1.165, 1.54) is 23.3 Å². The van der Waals surface area contributed by atoms with Gasteiger partial charge in [0.05, 0.1) is 5.56 Å². The van der Waals surface area contributed by atoms with Crippen LogP contribution in [-0.4, -0.2) is 16.1 Å². The van der Waals surface area contributed by atoms with Gasteiger partial charge in [0, 0.05) is 6.42 Å². The molecule has 106 valence electrons. The van der Waals surface area contributed by atoms with E-state index in [4.69, 9.17) is 9.52 Å². The summed E-state index contributed by atoms with van der Waals surface area (Å²) in [6.45, 7) is 2.06. The summed E-state index contributed by atoms with van der Waals surface area (Å²) in [5, 5.41) is 8.96. The van der Waals surface area contributed by atoms with Crippen molar-refractivity contribution in [3.63, 3.8) is 0 Å². The Morgan fingerprint density at radius 1 is 1.14 bits per heavy atom. The second-order valence-corrected chi connectivity index (χ2v) is 5.08. The number of carboxylic acids is 1. The Balaban J connectivity index is 1.78. The zero-order valence-electron chi connectivity index (χ0n) is 11.7. The normalized spacial score (nSPS) is 10.9. The SMILES string of the molecule is Cc1ccc(CCc2nc3ccc(C(=O)O)cc3o2)cc1.